The molecule has 0 N–H and O–H groups in total. The molecule has 0 spiro atoms. The van der Waals surface area contributed by atoms with Crippen LogP contribution < -0.4 is 9.80 Å². The SMILES string of the molecule is CN(c1ccc2c(c1)C(C)(C)c1cc(N(c3ccccc3)C3C=CC=CC3)ccc1-2)c1ccc2ccccc2c1. The summed E-state index contributed by atoms with van der Waals surface area (Å²) in [5.74, 6) is 0. The molecule has 0 aromatic heterocycles. The van der Waals surface area contributed by atoms with E-state index in [4.69, 9.17) is 0 Å². The van der Waals surface area contributed by atoms with E-state index < -0.39 is 0 Å². The standard InChI is InChI=1S/C38H34N2/c1-38(2)36-25-32(39(3)31-19-18-27-12-10-11-13-28(27)24-31)20-22-34(36)35-23-21-33(26-37(35)38)40(29-14-6-4-7-15-29)30-16-8-5-9-17-30/h4-16,18-26,30H,17H2,1-3H3. The highest BCUT2D eigenvalue weighted by atomic mass is 15.2. The quantitative estimate of drug-likeness (QED) is 0.228. The van der Waals surface area contributed by atoms with Gasteiger partial charge < -0.3 is 9.80 Å². The van der Waals surface area contributed by atoms with Crippen LogP contribution in [-0.2, 0) is 5.41 Å². The van der Waals surface area contributed by atoms with E-state index >= 15 is 0 Å². The van der Waals surface area contributed by atoms with Crippen molar-refractivity contribution >= 4 is 33.5 Å². The largest absolute Gasteiger partial charge is 0.345 e. The maximum Gasteiger partial charge on any atom is 0.0559 e. The van der Waals surface area contributed by atoms with Crippen LogP contribution in [0.25, 0.3) is 21.9 Å². The Kier molecular flexibility index (Phi) is 5.86. The summed E-state index contributed by atoms with van der Waals surface area (Å²) in [4.78, 5) is 4.79. The summed E-state index contributed by atoms with van der Waals surface area (Å²) in [5.41, 5.74) is 10.2. The van der Waals surface area contributed by atoms with Crippen LogP contribution in [0.5, 0.6) is 0 Å². The normalized spacial score (nSPS) is 16.5. The third-order valence-electron chi connectivity index (χ3n) is 8.75. The van der Waals surface area contributed by atoms with Gasteiger partial charge in [-0.3, -0.25) is 0 Å². The van der Waals surface area contributed by atoms with E-state index in [1.807, 2.05) is 0 Å². The summed E-state index contributed by atoms with van der Waals surface area (Å²) >= 11 is 0. The lowest BCUT2D eigenvalue weighted by Gasteiger charge is -2.33. The number of hydrogen-bond acceptors (Lipinski definition) is 2. The summed E-state index contributed by atoms with van der Waals surface area (Å²) in [6, 6.07) is 40.4. The molecule has 0 fully saturated rings. The molecule has 2 heteroatoms. The summed E-state index contributed by atoms with van der Waals surface area (Å²) < 4.78 is 0. The second-order valence-corrected chi connectivity index (χ2v) is 11.5. The lowest BCUT2D eigenvalue weighted by atomic mass is 9.82. The van der Waals surface area contributed by atoms with E-state index in [2.05, 4.69) is 164 Å². The monoisotopic (exact) mass is 518 g/mol. The lowest BCUT2D eigenvalue weighted by molar-refractivity contribution is 0.659. The maximum atomic E-state index is 2.48. The molecule has 0 radical (unpaired) electrons. The fourth-order valence-corrected chi connectivity index (χ4v) is 6.49. The molecule has 0 heterocycles. The maximum absolute atomic E-state index is 2.48. The molecule has 0 bridgehead atoms. The zero-order chi connectivity index (χ0) is 27.3. The topological polar surface area (TPSA) is 6.48 Å². The second-order valence-electron chi connectivity index (χ2n) is 11.5. The minimum atomic E-state index is -0.106. The highest BCUT2D eigenvalue weighted by Crippen LogP contribution is 2.51. The van der Waals surface area contributed by atoms with E-state index in [0.717, 1.165) is 6.42 Å². The number of anilines is 4. The predicted octanol–water partition coefficient (Wildman–Crippen LogP) is 9.94. The Hall–Kier alpha value is -4.56. The van der Waals surface area contributed by atoms with Crippen LogP contribution in [0.2, 0.25) is 0 Å². The minimum absolute atomic E-state index is 0.106. The summed E-state index contributed by atoms with van der Waals surface area (Å²) in [6.07, 6.45) is 9.90. The molecule has 5 aromatic rings. The van der Waals surface area contributed by atoms with E-state index in [0.29, 0.717) is 6.04 Å². The van der Waals surface area contributed by atoms with Crippen molar-refractivity contribution in [3.63, 3.8) is 0 Å². The van der Waals surface area contributed by atoms with Crippen molar-refractivity contribution in [3.8, 4) is 11.1 Å². The van der Waals surface area contributed by atoms with E-state index in [1.54, 1.807) is 0 Å². The number of para-hydroxylation sites is 1. The van der Waals surface area contributed by atoms with Crippen molar-refractivity contribution < 1.29 is 0 Å². The van der Waals surface area contributed by atoms with Crippen LogP contribution in [0, 0.1) is 0 Å². The van der Waals surface area contributed by atoms with Crippen LogP contribution in [-0.4, -0.2) is 13.1 Å². The fourth-order valence-electron chi connectivity index (χ4n) is 6.49. The summed E-state index contributed by atoms with van der Waals surface area (Å²) in [6.45, 7) is 4.74. The molecule has 0 aliphatic heterocycles. The van der Waals surface area contributed by atoms with E-state index in [-0.39, 0.29) is 5.41 Å². The van der Waals surface area contributed by atoms with Crippen LogP contribution in [0.15, 0.2) is 133 Å². The number of fused-ring (bicyclic) bond motifs is 4. The van der Waals surface area contributed by atoms with Crippen LogP contribution in [0.4, 0.5) is 22.7 Å². The van der Waals surface area contributed by atoms with Gasteiger partial charge in [0, 0.05) is 35.2 Å². The molecule has 0 saturated carbocycles. The van der Waals surface area contributed by atoms with Crippen LogP contribution in [0.1, 0.15) is 31.4 Å². The van der Waals surface area contributed by atoms with Gasteiger partial charge in [0.15, 0.2) is 0 Å². The third-order valence-corrected chi connectivity index (χ3v) is 8.75. The molecule has 0 saturated heterocycles. The van der Waals surface area contributed by atoms with Crippen molar-refractivity contribution in [3.05, 3.63) is 145 Å². The van der Waals surface area contributed by atoms with Gasteiger partial charge in [-0.05, 0) is 88.0 Å². The van der Waals surface area contributed by atoms with Gasteiger partial charge in [0.1, 0.15) is 0 Å². The molecular weight excluding hydrogens is 484 g/mol. The molecule has 40 heavy (non-hydrogen) atoms. The van der Waals surface area contributed by atoms with E-state index in [9.17, 15) is 0 Å². The van der Waals surface area contributed by atoms with Crippen molar-refractivity contribution in [2.24, 2.45) is 0 Å². The van der Waals surface area contributed by atoms with Gasteiger partial charge >= 0.3 is 0 Å². The molecule has 2 aliphatic carbocycles. The van der Waals surface area contributed by atoms with Gasteiger partial charge in [-0.2, -0.15) is 0 Å². The average Bonchev–Trinajstić information content (AvgIpc) is 3.23. The Bertz CT molecular complexity index is 1780. The first-order chi connectivity index (χ1) is 19.5. The minimum Gasteiger partial charge on any atom is -0.345 e. The Labute approximate surface area is 237 Å². The highest BCUT2D eigenvalue weighted by Gasteiger charge is 2.36. The predicted molar refractivity (Wildman–Crippen MR) is 171 cm³/mol. The number of hydrogen-bond donors (Lipinski definition) is 0. The van der Waals surface area contributed by atoms with Gasteiger partial charge in [-0.1, -0.05) is 98.8 Å². The molecule has 5 aromatic carbocycles. The zero-order valence-corrected chi connectivity index (χ0v) is 23.4. The summed E-state index contributed by atoms with van der Waals surface area (Å²) in [5, 5.41) is 2.53. The van der Waals surface area contributed by atoms with Crippen LogP contribution in [0.3, 0.4) is 0 Å². The zero-order valence-electron chi connectivity index (χ0n) is 23.4. The first kappa shape index (κ1) is 24.5. The first-order valence-corrected chi connectivity index (χ1v) is 14.2. The molecule has 2 aliphatic rings. The molecule has 7 rings (SSSR count). The lowest BCUT2D eigenvalue weighted by Crippen LogP contribution is -2.30. The number of nitrogens with zero attached hydrogens (tertiary/aromatic N) is 2. The number of benzene rings is 5. The third kappa shape index (κ3) is 4.03. The molecule has 1 unspecified atom stereocenters. The van der Waals surface area contributed by atoms with Gasteiger partial charge in [0.25, 0.3) is 0 Å². The fraction of sp³-hybridized carbons (Fsp3) is 0.158. The molecular formula is C38H34N2. The first-order valence-electron chi connectivity index (χ1n) is 14.2. The number of allylic oxidation sites excluding steroid dienone is 2. The summed E-state index contributed by atoms with van der Waals surface area (Å²) in [7, 11) is 2.17. The highest BCUT2D eigenvalue weighted by molar-refractivity contribution is 5.88. The molecule has 196 valence electrons. The molecule has 0 amide bonds. The van der Waals surface area contributed by atoms with Crippen molar-refractivity contribution in [1.29, 1.82) is 0 Å². The van der Waals surface area contributed by atoms with Crippen molar-refractivity contribution in [1.82, 2.24) is 0 Å². The van der Waals surface area contributed by atoms with Gasteiger partial charge in [-0.25, -0.2) is 0 Å². The Morgan fingerprint density at radius 3 is 1.95 bits per heavy atom. The Morgan fingerprint density at radius 2 is 1.23 bits per heavy atom. The van der Waals surface area contributed by atoms with Crippen LogP contribution >= 0.6 is 0 Å². The Morgan fingerprint density at radius 1 is 0.600 bits per heavy atom. The Balaban J connectivity index is 1.27. The number of rotatable bonds is 5. The average molecular weight is 519 g/mol. The van der Waals surface area contributed by atoms with Gasteiger partial charge in [-0.15, -0.1) is 0 Å². The molecule has 1 atom stereocenters. The van der Waals surface area contributed by atoms with Crippen molar-refractivity contribution in [2.45, 2.75) is 31.7 Å². The molecule has 2 nitrogen and oxygen atoms in total. The van der Waals surface area contributed by atoms with Gasteiger partial charge in [0.05, 0.1) is 6.04 Å². The van der Waals surface area contributed by atoms with Crippen molar-refractivity contribution in [2.75, 3.05) is 16.8 Å². The smallest absolute Gasteiger partial charge is 0.0559 e. The second kappa shape index (κ2) is 9.57. The van der Waals surface area contributed by atoms with Gasteiger partial charge in [0.2, 0.25) is 0 Å². The van der Waals surface area contributed by atoms with E-state index in [1.165, 1.54) is 55.8 Å².